The molecule has 1 rings (SSSR count). The lowest BCUT2D eigenvalue weighted by Crippen LogP contribution is -2.14. The number of nitrogen functional groups attached to an aromatic ring is 1. The maximum atomic E-state index is 11.9. The van der Waals surface area contributed by atoms with E-state index >= 15 is 0 Å². The van der Waals surface area contributed by atoms with Gasteiger partial charge in [-0.05, 0) is 25.0 Å². The van der Waals surface area contributed by atoms with Crippen molar-refractivity contribution < 1.29 is 13.7 Å². The first-order valence-electron chi connectivity index (χ1n) is 7.15. The van der Waals surface area contributed by atoms with E-state index in [0.29, 0.717) is 35.7 Å². The van der Waals surface area contributed by atoms with Crippen LogP contribution in [0, 0.1) is 0 Å². The molecule has 0 saturated heterocycles. The predicted molar refractivity (Wildman–Crippen MR) is 88.1 cm³/mol. The third-order valence-corrected chi connectivity index (χ3v) is 4.49. The molecule has 6 heteroatoms. The van der Waals surface area contributed by atoms with Crippen molar-refractivity contribution in [3.05, 3.63) is 18.2 Å². The van der Waals surface area contributed by atoms with Crippen LogP contribution in [0.1, 0.15) is 32.6 Å². The number of nitrogens with one attached hydrogen (secondary N) is 1. The summed E-state index contributed by atoms with van der Waals surface area (Å²) in [5.41, 5.74) is 6.84. The van der Waals surface area contributed by atoms with Crippen LogP contribution in [0.3, 0.4) is 0 Å². The van der Waals surface area contributed by atoms with Gasteiger partial charge in [0, 0.05) is 40.5 Å². The molecular weight excluding hydrogens is 288 g/mol. The molecule has 0 bridgehead atoms. The zero-order valence-electron chi connectivity index (χ0n) is 12.7. The molecule has 0 spiro atoms. The average molecular weight is 312 g/mol. The monoisotopic (exact) mass is 312 g/mol. The summed E-state index contributed by atoms with van der Waals surface area (Å²) < 4.78 is 16.8. The van der Waals surface area contributed by atoms with Crippen LogP contribution >= 0.6 is 0 Å². The van der Waals surface area contributed by atoms with E-state index in [4.69, 9.17) is 10.5 Å². The summed E-state index contributed by atoms with van der Waals surface area (Å²) in [6.07, 6.45) is 3.00. The summed E-state index contributed by atoms with van der Waals surface area (Å²) in [6.45, 7) is 2.07. The lowest BCUT2D eigenvalue weighted by atomic mass is 10.2. The number of unbranched alkanes of at least 4 members (excludes halogenated alkanes) is 1. The van der Waals surface area contributed by atoms with Crippen LogP contribution in [-0.4, -0.2) is 28.7 Å². The first-order chi connectivity index (χ1) is 10.1. The van der Waals surface area contributed by atoms with Gasteiger partial charge in [-0.15, -0.1) is 0 Å². The van der Waals surface area contributed by atoms with Crippen molar-refractivity contribution >= 4 is 28.1 Å². The van der Waals surface area contributed by atoms with Crippen LogP contribution in [0.5, 0.6) is 5.75 Å². The van der Waals surface area contributed by atoms with Crippen molar-refractivity contribution in [3.8, 4) is 5.75 Å². The molecule has 0 aliphatic rings. The summed E-state index contributed by atoms with van der Waals surface area (Å²) in [5, 5.41) is 2.79. The third-order valence-electron chi connectivity index (χ3n) is 3.00. The smallest absolute Gasteiger partial charge is 0.224 e. The molecule has 0 radical (unpaired) electrons. The van der Waals surface area contributed by atoms with Crippen LogP contribution in [-0.2, 0) is 15.6 Å². The van der Waals surface area contributed by atoms with Gasteiger partial charge in [-0.2, -0.15) is 0 Å². The van der Waals surface area contributed by atoms with Crippen molar-refractivity contribution in [2.45, 2.75) is 32.6 Å². The Hall–Kier alpha value is -1.56. The van der Waals surface area contributed by atoms with Crippen molar-refractivity contribution in [1.82, 2.24) is 0 Å². The number of hydrogen-bond acceptors (Lipinski definition) is 4. The minimum absolute atomic E-state index is 0.106. The van der Waals surface area contributed by atoms with Gasteiger partial charge in [0.25, 0.3) is 0 Å². The molecule has 1 aromatic rings. The van der Waals surface area contributed by atoms with Gasteiger partial charge in [-0.25, -0.2) is 0 Å². The quantitative estimate of drug-likeness (QED) is 0.687. The highest BCUT2D eigenvalue weighted by molar-refractivity contribution is 7.84. The fraction of sp³-hybridized carbons (Fsp3) is 0.533. The predicted octanol–water partition coefficient (Wildman–Crippen LogP) is 2.54. The molecule has 1 amide bonds. The molecule has 0 heterocycles. The molecule has 3 N–H and O–H groups in total. The largest absolute Gasteiger partial charge is 0.494 e. The second-order valence-electron chi connectivity index (χ2n) is 4.81. The molecule has 0 aliphatic carbocycles. The van der Waals surface area contributed by atoms with Gasteiger partial charge < -0.3 is 15.8 Å². The van der Waals surface area contributed by atoms with Gasteiger partial charge >= 0.3 is 0 Å². The SMILES string of the molecule is CCCCS(=O)CCCC(=O)Nc1ccc(N)cc1OC. The molecule has 1 aromatic carbocycles. The first kappa shape index (κ1) is 17.5. The van der Waals surface area contributed by atoms with E-state index in [0.717, 1.165) is 18.6 Å². The van der Waals surface area contributed by atoms with Crippen LogP contribution in [0.15, 0.2) is 18.2 Å². The van der Waals surface area contributed by atoms with Crippen LogP contribution < -0.4 is 15.8 Å². The van der Waals surface area contributed by atoms with Gasteiger partial charge in [-0.1, -0.05) is 13.3 Å². The molecule has 0 aliphatic heterocycles. The number of methoxy groups -OCH3 is 1. The van der Waals surface area contributed by atoms with Crippen LogP contribution in [0.4, 0.5) is 11.4 Å². The Morgan fingerprint density at radius 3 is 2.71 bits per heavy atom. The highest BCUT2D eigenvalue weighted by Crippen LogP contribution is 2.26. The summed E-state index contributed by atoms with van der Waals surface area (Å²) in [7, 11) is 0.716. The zero-order valence-corrected chi connectivity index (χ0v) is 13.5. The van der Waals surface area contributed by atoms with E-state index < -0.39 is 10.8 Å². The Bertz CT molecular complexity index is 492. The first-order valence-corrected chi connectivity index (χ1v) is 8.64. The van der Waals surface area contributed by atoms with Gasteiger partial charge in [-0.3, -0.25) is 9.00 Å². The van der Waals surface area contributed by atoms with Gasteiger partial charge in [0.2, 0.25) is 5.91 Å². The second-order valence-corrected chi connectivity index (χ2v) is 6.51. The van der Waals surface area contributed by atoms with E-state index in [1.54, 1.807) is 18.2 Å². The number of rotatable bonds is 9. The zero-order chi connectivity index (χ0) is 15.7. The van der Waals surface area contributed by atoms with Crippen molar-refractivity contribution in [1.29, 1.82) is 0 Å². The minimum atomic E-state index is -0.813. The standard InChI is InChI=1S/C15H24N2O3S/c1-3-4-9-21(19)10-5-6-15(18)17-13-8-7-12(16)11-14(13)20-2/h7-8,11H,3-6,9-10,16H2,1-2H3,(H,17,18). The van der Waals surface area contributed by atoms with Crippen molar-refractivity contribution in [2.75, 3.05) is 29.7 Å². The fourth-order valence-electron chi connectivity index (χ4n) is 1.82. The lowest BCUT2D eigenvalue weighted by Gasteiger charge is -2.10. The van der Waals surface area contributed by atoms with Gasteiger partial charge in [0.15, 0.2) is 0 Å². The normalized spacial score (nSPS) is 11.9. The average Bonchev–Trinajstić information content (AvgIpc) is 2.46. The molecule has 0 fully saturated rings. The van der Waals surface area contributed by atoms with E-state index in [1.165, 1.54) is 7.11 Å². The Morgan fingerprint density at radius 1 is 1.33 bits per heavy atom. The highest BCUT2D eigenvalue weighted by Gasteiger charge is 2.08. The Balaban J connectivity index is 2.39. The lowest BCUT2D eigenvalue weighted by molar-refractivity contribution is -0.116. The number of ether oxygens (including phenoxy) is 1. The maximum absolute atomic E-state index is 11.9. The maximum Gasteiger partial charge on any atom is 0.224 e. The minimum Gasteiger partial charge on any atom is -0.494 e. The Morgan fingerprint density at radius 2 is 2.05 bits per heavy atom. The highest BCUT2D eigenvalue weighted by atomic mass is 32.2. The van der Waals surface area contributed by atoms with E-state index in [-0.39, 0.29) is 5.91 Å². The van der Waals surface area contributed by atoms with Crippen LogP contribution in [0.25, 0.3) is 0 Å². The number of carbonyl (C=O) groups excluding carboxylic acids is 1. The molecule has 1 unspecified atom stereocenters. The Labute approximate surface area is 128 Å². The number of anilines is 2. The Kier molecular flexibility index (Phi) is 7.82. The van der Waals surface area contributed by atoms with E-state index in [2.05, 4.69) is 12.2 Å². The molecule has 21 heavy (non-hydrogen) atoms. The molecule has 118 valence electrons. The number of hydrogen-bond donors (Lipinski definition) is 2. The molecule has 5 nitrogen and oxygen atoms in total. The summed E-state index contributed by atoms with van der Waals surface area (Å²) in [4.78, 5) is 11.9. The topological polar surface area (TPSA) is 81.4 Å². The molecule has 0 aromatic heterocycles. The fourth-order valence-corrected chi connectivity index (χ4v) is 3.11. The number of carbonyl (C=O) groups is 1. The van der Waals surface area contributed by atoms with Crippen LogP contribution in [0.2, 0.25) is 0 Å². The molecule has 0 saturated carbocycles. The summed E-state index contributed by atoms with van der Waals surface area (Å²) in [6, 6.07) is 5.08. The molecule has 1 atom stereocenters. The molecular formula is C15H24N2O3S. The number of amides is 1. The second kappa shape index (κ2) is 9.39. The van der Waals surface area contributed by atoms with E-state index in [1.807, 2.05) is 0 Å². The van der Waals surface area contributed by atoms with Crippen molar-refractivity contribution in [3.63, 3.8) is 0 Å². The van der Waals surface area contributed by atoms with E-state index in [9.17, 15) is 9.00 Å². The number of nitrogens with two attached hydrogens (primary N) is 1. The summed E-state index contributed by atoms with van der Waals surface area (Å²) >= 11 is 0. The van der Waals surface area contributed by atoms with Gasteiger partial charge in [0.05, 0.1) is 12.8 Å². The van der Waals surface area contributed by atoms with Gasteiger partial charge in [0.1, 0.15) is 5.75 Å². The third kappa shape index (κ3) is 6.62. The number of benzene rings is 1. The summed E-state index contributed by atoms with van der Waals surface area (Å²) in [5.74, 6) is 1.73. The van der Waals surface area contributed by atoms with Crippen molar-refractivity contribution in [2.24, 2.45) is 0 Å².